The largest absolute Gasteiger partial charge is 0.496 e. The molecule has 0 unspecified atom stereocenters. The fourth-order valence-electron chi connectivity index (χ4n) is 2.27. The summed E-state index contributed by atoms with van der Waals surface area (Å²) in [6.07, 6.45) is 0. The highest BCUT2D eigenvalue weighted by Crippen LogP contribution is 2.17. The smallest absolute Gasteiger partial charge is 0.251 e. The number of ether oxygens (including phenoxy) is 2. The molecule has 140 valence electrons. The second-order valence-corrected chi connectivity index (χ2v) is 7.18. The Morgan fingerprint density at radius 2 is 1.73 bits per heavy atom. The molecule has 0 fully saturated rings. The Morgan fingerprint density at radius 3 is 2.38 bits per heavy atom. The van der Waals surface area contributed by atoms with Crippen molar-refractivity contribution in [3.8, 4) is 5.75 Å². The summed E-state index contributed by atoms with van der Waals surface area (Å²) < 4.78 is 36.7. The van der Waals surface area contributed by atoms with Crippen LogP contribution in [0.5, 0.6) is 5.75 Å². The summed E-state index contributed by atoms with van der Waals surface area (Å²) >= 11 is 0. The standard InChI is InChI=1S/C18H22N2O5S/c1-24-12-11-20-26(22,23)16-9-7-14(8-10-16)18(21)19-13-15-5-3-4-6-17(15)25-2/h3-10,20H,11-13H2,1-2H3,(H,19,21). The van der Waals surface area contributed by atoms with E-state index in [9.17, 15) is 13.2 Å². The van der Waals surface area contributed by atoms with Crippen molar-refractivity contribution in [2.24, 2.45) is 0 Å². The number of hydrogen-bond acceptors (Lipinski definition) is 5. The van der Waals surface area contributed by atoms with Crippen LogP contribution in [0.2, 0.25) is 0 Å². The third kappa shape index (κ3) is 5.29. The third-order valence-electron chi connectivity index (χ3n) is 3.66. The van der Waals surface area contributed by atoms with Gasteiger partial charge in [-0.2, -0.15) is 0 Å². The van der Waals surface area contributed by atoms with E-state index in [-0.39, 0.29) is 24.0 Å². The van der Waals surface area contributed by atoms with Crippen molar-refractivity contribution in [3.05, 3.63) is 59.7 Å². The number of nitrogens with one attached hydrogen (secondary N) is 2. The average Bonchev–Trinajstić information content (AvgIpc) is 2.66. The first-order valence-electron chi connectivity index (χ1n) is 7.96. The zero-order valence-electron chi connectivity index (χ0n) is 14.7. The van der Waals surface area contributed by atoms with Crippen molar-refractivity contribution < 1.29 is 22.7 Å². The SMILES string of the molecule is COCCNS(=O)(=O)c1ccc(C(=O)NCc2ccccc2OC)cc1. The number of methoxy groups -OCH3 is 2. The van der Waals surface area contributed by atoms with Gasteiger partial charge in [-0.15, -0.1) is 0 Å². The van der Waals surface area contributed by atoms with Crippen LogP contribution in [0.25, 0.3) is 0 Å². The summed E-state index contributed by atoms with van der Waals surface area (Å²) in [7, 11) is -0.555. The number of benzene rings is 2. The van der Waals surface area contributed by atoms with Crippen LogP contribution in [0, 0.1) is 0 Å². The van der Waals surface area contributed by atoms with Gasteiger partial charge in [0.1, 0.15) is 5.75 Å². The molecule has 8 heteroatoms. The molecular weight excluding hydrogens is 356 g/mol. The first kappa shape index (κ1) is 19.9. The molecule has 0 saturated heterocycles. The first-order valence-corrected chi connectivity index (χ1v) is 9.45. The topological polar surface area (TPSA) is 93.7 Å². The van der Waals surface area contributed by atoms with Gasteiger partial charge in [-0.05, 0) is 30.3 Å². The molecular formula is C18H22N2O5S. The van der Waals surface area contributed by atoms with Gasteiger partial charge < -0.3 is 14.8 Å². The minimum atomic E-state index is -3.62. The average molecular weight is 378 g/mol. The van der Waals surface area contributed by atoms with E-state index in [0.717, 1.165) is 5.56 Å². The summed E-state index contributed by atoms with van der Waals surface area (Å²) in [5.74, 6) is 0.392. The Balaban J connectivity index is 2.00. The van der Waals surface area contributed by atoms with Crippen molar-refractivity contribution in [1.29, 1.82) is 0 Å². The van der Waals surface area contributed by atoms with Crippen LogP contribution >= 0.6 is 0 Å². The van der Waals surface area contributed by atoms with Gasteiger partial charge >= 0.3 is 0 Å². The molecule has 7 nitrogen and oxygen atoms in total. The van der Waals surface area contributed by atoms with Gasteiger partial charge in [0.25, 0.3) is 5.91 Å². The maximum absolute atomic E-state index is 12.3. The minimum Gasteiger partial charge on any atom is -0.496 e. The van der Waals surface area contributed by atoms with Crippen molar-refractivity contribution in [3.63, 3.8) is 0 Å². The quantitative estimate of drug-likeness (QED) is 0.646. The molecule has 0 aliphatic heterocycles. The Morgan fingerprint density at radius 1 is 1.04 bits per heavy atom. The van der Waals surface area contributed by atoms with Gasteiger partial charge in [0.15, 0.2) is 0 Å². The summed E-state index contributed by atoms with van der Waals surface area (Å²) in [4.78, 5) is 12.3. The van der Waals surface area contributed by atoms with Crippen LogP contribution in [-0.4, -0.2) is 41.7 Å². The lowest BCUT2D eigenvalue weighted by atomic mass is 10.2. The number of hydrogen-bond donors (Lipinski definition) is 2. The molecule has 2 aromatic carbocycles. The van der Waals surface area contributed by atoms with Gasteiger partial charge in [0.05, 0.1) is 18.6 Å². The number of amides is 1. The third-order valence-corrected chi connectivity index (χ3v) is 5.13. The Kier molecular flexibility index (Phi) is 7.14. The molecule has 0 aliphatic carbocycles. The van der Waals surface area contributed by atoms with Crippen LogP contribution in [0.15, 0.2) is 53.4 Å². The van der Waals surface area contributed by atoms with Gasteiger partial charge in [0.2, 0.25) is 10.0 Å². The predicted octanol–water partition coefficient (Wildman–Crippen LogP) is 1.55. The number of carbonyl (C=O) groups is 1. The van der Waals surface area contributed by atoms with E-state index in [4.69, 9.17) is 9.47 Å². The van der Waals surface area contributed by atoms with Crippen LogP contribution in [0.3, 0.4) is 0 Å². The maximum atomic E-state index is 12.3. The van der Waals surface area contributed by atoms with Gasteiger partial charge in [-0.1, -0.05) is 18.2 Å². The first-order chi connectivity index (χ1) is 12.5. The van der Waals surface area contributed by atoms with Gasteiger partial charge in [-0.25, -0.2) is 13.1 Å². The molecule has 0 aromatic heterocycles. The van der Waals surface area contributed by atoms with Crippen LogP contribution < -0.4 is 14.8 Å². The second-order valence-electron chi connectivity index (χ2n) is 5.41. The van der Waals surface area contributed by atoms with Crippen molar-refractivity contribution in [1.82, 2.24) is 10.0 Å². The maximum Gasteiger partial charge on any atom is 0.251 e. The lowest BCUT2D eigenvalue weighted by Crippen LogP contribution is -2.27. The monoisotopic (exact) mass is 378 g/mol. The molecule has 26 heavy (non-hydrogen) atoms. The summed E-state index contributed by atoms with van der Waals surface area (Å²) in [5.41, 5.74) is 1.22. The molecule has 2 aromatic rings. The lowest BCUT2D eigenvalue weighted by Gasteiger charge is -2.10. The zero-order chi connectivity index (χ0) is 19.0. The van der Waals surface area contributed by atoms with Crippen molar-refractivity contribution in [2.45, 2.75) is 11.4 Å². The zero-order valence-corrected chi connectivity index (χ0v) is 15.5. The Hall–Kier alpha value is -2.42. The number of carbonyl (C=O) groups excluding carboxylic acids is 1. The van der Waals surface area contributed by atoms with Gasteiger partial charge in [0, 0.05) is 31.3 Å². The lowest BCUT2D eigenvalue weighted by molar-refractivity contribution is 0.0950. The molecule has 0 aliphatic rings. The molecule has 0 radical (unpaired) electrons. The van der Waals surface area contributed by atoms with Crippen LogP contribution in [0.4, 0.5) is 0 Å². The van der Waals surface area contributed by atoms with E-state index in [0.29, 0.717) is 17.9 Å². The van der Waals surface area contributed by atoms with E-state index in [1.54, 1.807) is 7.11 Å². The fourth-order valence-corrected chi connectivity index (χ4v) is 3.29. The van der Waals surface area contributed by atoms with Crippen LogP contribution in [-0.2, 0) is 21.3 Å². The molecule has 0 atom stereocenters. The highest BCUT2D eigenvalue weighted by molar-refractivity contribution is 7.89. The summed E-state index contributed by atoms with van der Waals surface area (Å²) in [6, 6.07) is 13.1. The molecule has 2 rings (SSSR count). The van der Waals surface area contributed by atoms with Crippen molar-refractivity contribution in [2.75, 3.05) is 27.4 Å². The van der Waals surface area contributed by atoms with E-state index in [2.05, 4.69) is 10.0 Å². The molecule has 0 heterocycles. The predicted molar refractivity (Wildman–Crippen MR) is 97.7 cm³/mol. The van der Waals surface area contributed by atoms with Crippen molar-refractivity contribution >= 4 is 15.9 Å². The molecule has 0 saturated carbocycles. The van der Waals surface area contributed by atoms with E-state index in [1.807, 2.05) is 24.3 Å². The summed E-state index contributed by atoms with van der Waals surface area (Å²) in [5, 5.41) is 2.79. The molecule has 0 spiro atoms. The van der Waals surface area contributed by atoms with E-state index < -0.39 is 10.0 Å². The Bertz CT molecular complexity index is 835. The second kappa shape index (κ2) is 9.33. The summed E-state index contributed by atoms with van der Waals surface area (Å²) in [6.45, 7) is 0.768. The Labute approximate surface area is 153 Å². The highest BCUT2D eigenvalue weighted by atomic mass is 32.2. The fraction of sp³-hybridized carbons (Fsp3) is 0.278. The molecule has 2 N–H and O–H groups in total. The minimum absolute atomic E-state index is 0.0925. The van der Waals surface area contributed by atoms with E-state index >= 15 is 0 Å². The number of rotatable bonds is 9. The van der Waals surface area contributed by atoms with E-state index in [1.165, 1.54) is 31.4 Å². The number of para-hydroxylation sites is 1. The normalized spacial score (nSPS) is 11.2. The van der Waals surface area contributed by atoms with Gasteiger partial charge in [-0.3, -0.25) is 4.79 Å². The molecule has 1 amide bonds. The highest BCUT2D eigenvalue weighted by Gasteiger charge is 2.14. The molecule has 0 bridgehead atoms. The number of sulfonamides is 1. The van der Waals surface area contributed by atoms with Crippen LogP contribution in [0.1, 0.15) is 15.9 Å².